The van der Waals surface area contributed by atoms with E-state index in [0.717, 1.165) is 23.5 Å². The van der Waals surface area contributed by atoms with Gasteiger partial charge >= 0.3 is 5.97 Å². The van der Waals surface area contributed by atoms with Crippen LogP contribution in [0.5, 0.6) is 0 Å². The molecule has 0 fully saturated rings. The molecular formula is C22H26N2O2. The molecule has 0 unspecified atom stereocenters. The van der Waals surface area contributed by atoms with Gasteiger partial charge in [0.2, 0.25) is 0 Å². The molecule has 1 heterocycles. The maximum atomic E-state index is 11.8. The molecule has 26 heavy (non-hydrogen) atoms. The Morgan fingerprint density at radius 1 is 1.15 bits per heavy atom. The number of carbonyl (C=O) groups excluding carboxylic acids is 1. The molecule has 0 spiro atoms. The zero-order chi connectivity index (χ0) is 18.9. The summed E-state index contributed by atoms with van der Waals surface area (Å²) >= 11 is 0. The average molecular weight is 350 g/mol. The summed E-state index contributed by atoms with van der Waals surface area (Å²) in [5.41, 5.74) is 6.34. The molecular weight excluding hydrogens is 324 g/mol. The Labute approximate surface area is 155 Å². The SMILES string of the molecule is CCOC(=O)c1ccc(NC2=NC(C)(C)Cc3cc(C)c(C)cc32)cc1. The largest absolute Gasteiger partial charge is 0.462 e. The molecule has 1 aliphatic rings. The maximum Gasteiger partial charge on any atom is 0.338 e. The quantitative estimate of drug-likeness (QED) is 0.818. The maximum absolute atomic E-state index is 11.8. The number of aryl methyl sites for hydroxylation is 2. The number of ether oxygens (including phenoxy) is 1. The topological polar surface area (TPSA) is 50.7 Å². The molecule has 0 saturated heterocycles. The summed E-state index contributed by atoms with van der Waals surface area (Å²) in [6, 6.07) is 11.8. The fraction of sp³-hybridized carbons (Fsp3) is 0.364. The Balaban J connectivity index is 1.90. The molecule has 3 rings (SSSR count). The van der Waals surface area contributed by atoms with Crippen molar-refractivity contribution < 1.29 is 9.53 Å². The zero-order valence-corrected chi connectivity index (χ0v) is 16.1. The molecule has 4 heteroatoms. The summed E-state index contributed by atoms with van der Waals surface area (Å²) in [5, 5.41) is 3.44. The Hall–Kier alpha value is -2.62. The van der Waals surface area contributed by atoms with Crippen LogP contribution in [0.2, 0.25) is 0 Å². The number of fused-ring (bicyclic) bond motifs is 1. The third kappa shape index (κ3) is 3.79. The van der Waals surface area contributed by atoms with Gasteiger partial charge in [-0.15, -0.1) is 0 Å². The second kappa shape index (κ2) is 6.94. The van der Waals surface area contributed by atoms with Crippen molar-refractivity contribution >= 4 is 17.5 Å². The van der Waals surface area contributed by atoms with E-state index in [1.54, 1.807) is 19.1 Å². The highest BCUT2D eigenvalue weighted by atomic mass is 16.5. The first-order valence-corrected chi connectivity index (χ1v) is 9.03. The third-order valence-corrected chi connectivity index (χ3v) is 4.67. The third-order valence-electron chi connectivity index (χ3n) is 4.67. The van der Waals surface area contributed by atoms with E-state index in [1.165, 1.54) is 16.7 Å². The molecule has 0 atom stereocenters. The lowest BCUT2D eigenvalue weighted by molar-refractivity contribution is 0.0526. The number of amidine groups is 1. The van der Waals surface area contributed by atoms with Gasteiger partial charge in [0.1, 0.15) is 5.84 Å². The number of rotatable bonds is 3. The lowest BCUT2D eigenvalue weighted by atomic mass is 9.86. The van der Waals surface area contributed by atoms with Crippen LogP contribution in [-0.2, 0) is 11.2 Å². The number of nitrogens with zero attached hydrogens (tertiary/aromatic N) is 1. The number of hydrogen-bond acceptors (Lipinski definition) is 4. The van der Waals surface area contributed by atoms with E-state index < -0.39 is 0 Å². The van der Waals surface area contributed by atoms with E-state index in [2.05, 4.69) is 45.1 Å². The van der Waals surface area contributed by atoms with Crippen LogP contribution in [0.15, 0.2) is 41.4 Å². The number of esters is 1. The number of benzene rings is 2. The summed E-state index contributed by atoms with van der Waals surface area (Å²) in [6.07, 6.45) is 0.927. The predicted molar refractivity (Wildman–Crippen MR) is 106 cm³/mol. The van der Waals surface area contributed by atoms with E-state index in [9.17, 15) is 4.79 Å². The van der Waals surface area contributed by atoms with Crippen molar-refractivity contribution in [2.75, 3.05) is 11.9 Å². The minimum absolute atomic E-state index is 0.151. The highest BCUT2D eigenvalue weighted by molar-refractivity contribution is 6.10. The number of carbonyl (C=O) groups is 1. The average Bonchev–Trinajstić information content (AvgIpc) is 2.57. The van der Waals surface area contributed by atoms with Gasteiger partial charge in [-0.25, -0.2) is 4.79 Å². The van der Waals surface area contributed by atoms with Gasteiger partial charge in [-0.3, -0.25) is 4.99 Å². The fourth-order valence-electron chi connectivity index (χ4n) is 3.25. The van der Waals surface area contributed by atoms with Gasteiger partial charge in [0.05, 0.1) is 17.7 Å². The van der Waals surface area contributed by atoms with Crippen molar-refractivity contribution in [2.45, 2.75) is 46.6 Å². The highest BCUT2D eigenvalue weighted by Gasteiger charge is 2.27. The van der Waals surface area contributed by atoms with Crippen LogP contribution >= 0.6 is 0 Å². The number of anilines is 1. The van der Waals surface area contributed by atoms with Crippen molar-refractivity contribution in [3.63, 3.8) is 0 Å². The predicted octanol–water partition coefficient (Wildman–Crippen LogP) is 4.67. The smallest absolute Gasteiger partial charge is 0.338 e. The molecule has 1 aliphatic heterocycles. The van der Waals surface area contributed by atoms with Crippen molar-refractivity contribution in [1.82, 2.24) is 0 Å². The molecule has 0 radical (unpaired) electrons. The van der Waals surface area contributed by atoms with Gasteiger partial charge in [-0.2, -0.15) is 0 Å². The van der Waals surface area contributed by atoms with Crippen LogP contribution in [0.4, 0.5) is 5.69 Å². The van der Waals surface area contributed by atoms with Gasteiger partial charge in [-0.1, -0.05) is 6.07 Å². The lowest BCUT2D eigenvalue weighted by Crippen LogP contribution is -2.32. The zero-order valence-electron chi connectivity index (χ0n) is 16.1. The number of hydrogen-bond donors (Lipinski definition) is 1. The summed E-state index contributed by atoms with van der Waals surface area (Å²) < 4.78 is 5.03. The second-order valence-electron chi connectivity index (χ2n) is 7.47. The van der Waals surface area contributed by atoms with Gasteiger partial charge in [0.25, 0.3) is 0 Å². The van der Waals surface area contributed by atoms with Crippen LogP contribution in [0.25, 0.3) is 0 Å². The first-order valence-electron chi connectivity index (χ1n) is 9.03. The first kappa shape index (κ1) is 18.2. The molecule has 0 aromatic heterocycles. The molecule has 136 valence electrons. The fourth-order valence-corrected chi connectivity index (χ4v) is 3.25. The molecule has 2 aromatic rings. The van der Waals surface area contributed by atoms with E-state index in [-0.39, 0.29) is 11.5 Å². The van der Waals surface area contributed by atoms with E-state index in [0.29, 0.717) is 12.2 Å². The Morgan fingerprint density at radius 3 is 2.46 bits per heavy atom. The summed E-state index contributed by atoms with van der Waals surface area (Å²) in [4.78, 5) is 16.7. The Bertz CT molecular complexity index is 864. The second-order valence-corrected chi connectivity index (χ2v) is 7.47. The molecule has 4 nitrogen and oxygen atoms in total. The summed E-state index contributed by atoms with van der Waals surface area (Å²) in [7, 11) is 0. The van der Waals surface area contributed by atoms with Crippen LogP contribution in [0.3, 0.4) is 0 Å². The highest BCUT2D eigenvalue weighted by Crippen LogP contribution is 2.29. The Kier molecular flexibility index (Phi) is 4.86. The van der Waals surface area contributed by atoms with E-state index in [1.807, 2.05) is 12.1 Å². The van der Waals surface area contributed by atoms with Crippen LogP contribution < -0.4 is 5.32 Å². The van der Waals surface area contributed by atoms with Crippen LogP contribution in [-0.4, -0.2) is 24.0 Å². The minimum atomic E-state index is -0.299. The van der Waals surface area contributed by atoms with Crippen molar-refractivity contribution in [3.05, 3.63) is 64.2 Å². The standard InChI is InChI=1S/C22H26N2O2/c1-6-26-21(25)16-7-9-18(10-8-16)23-20-19-12-15(3)14(2)11-17(19)13-22(4,5)24-20/h7-12H,6,13H2,1-5H3,(H,23,24). The lowest BCUT2D eigenvalue weighted by Gasteiger charge is -2.30. The molecule has 0 amide bonds. The minimum Gasteiger partial charge on any atom is -0.462 e. The molecule has 0 saturated carbocycles. The normalized spacial score (nSPS) is 15.0. The molecule has 1 N–H and O–H groups in total. The van der Waals surface area contributed by atoms with Crippen molar-refractivity contribution in [3.8, 4) is 0 Å². The van der Waals surface area contributed by atoms with Gasteiger partial charge in [-0.05, 0) is 88.1 Å². The molecule has 0 bridgehead atoms. The van der Waals surface area contributed by atoms with Gasteiger partial charge in [0, 0.05) is 11.3 Å². The van der Waals surface area contributed by atoms with E-state index in [4.69, 9.17) is 9.73 Å². The number of aliphatic imine (C=N–C) groups is 1. The van der Waals surface area contributed by atoms with Crippen LogP contribution in [0, 0.1) is 13.8 Å². The molecule has 0 aliphatic carbocycles. The van der Waals surface area contributed by atoms with Gasteiger partial charge < -0.3 is 10.1 Å². The number of nitrogens with one attached hydrogen (secondary N) is 1. The monoisotopic (exact) mass is 350 g/mol. The first-order chi connectivity index (χ1) is 12.3. The molecule has 2 aromatic carbocycles. The van der Waals surface area contributed by atoms with Crippen molar-refractivity contribution in [1.29, 1.82) is 0 Å². The van der Waals surface area contributed by atoms with Gasteiger partial charge in [0.15, 0.2) is 0 Å². The van der Waals surface area contributed by atoms with Crippen molar-refractivity contribution in [2.24, 2.45) is 4.99 Å². The van der Waals surface area contributed by atoms with E-state index >= 15 is 0 Å². The summed E-state index contributed by atoms with van der Waals surface area (Å²) in [5.74, 6) is 0.579. The van der Waals surface area contributed by atoms with Crippen LogP contribution in [0.1, 0.15) is 53.4 Å². The summed E-state index contributed by atoms with van der Waals surface area (Å²) in [6.45, 7) is 10.8. The Morgan fingerprint density at radius 2 is 1.81 bits per heavy atom.